The van der Waals surface area contributed by atoms with Gasteiger partial charge in [-0.15, -0.1) is 0 Å². The van der Waals surface area contributed by atoms with Crippen LogP contribution in [0.15, 0.2) is 86.0 Å². The molecule has 1 aliphatic carbocycles. The zero-order valence-electron chi connectivity index (χ0n) is 53.1. The summed E-state index contributed by atoms with van der Waals surface area (Å²) in [6.45, 7) is 43.7. The first kappa shape index (κ1) is 62.1. The van der Waals surface area contributed by atoms with Gasteiger partial charge in [0.25, 0.3) is 0 Å². The van der Waals surface area contributed by atoms with Crippen LogP contribution in [0.25, 0.3) is 0 Å². The number of hydrogen-bond donors (Lipinski definition) is 0. The molecule has 8 bridgehead atoms. The highest BCUT2D eigenvalue weighted by molar-refractivity contribution is 5.60. The van der Waals surface area contributed by atoms with Crippen molar-refractivity contribution in [2.75, 3.05) is 26.4 Å². The van der Waals surface area contributed by atoms with E-state index in [0.717, 1.165) is 87.7 Å². The third kappa shape index (κ3) is 16.8. The molecule has 0 radical (unpaired) electrons. The Hall–Kier alpha value is -5.50. The number of hydrogen-bond acceptors (Lipinski definition) is 4. The van der Waals surface area contributed by atoms with Gasteiger partial charge in [-0.25, -0.2) is 18.3 Å². The standard InChI is InChI=1S/C72H106N4O4/c1-17-21-27-73-31-33-75(51-73)29-23-25-37-79-67-57-39-53-43-61(69(5,6)7)45-55(65(53)77-35-19-3)41-59-49-64(72(14,15)16)50-60(68(59)80-38-26-24-30-76-34-32-74(52-76)28-22-18-2)42-56-46-62(70(8,9)10)44-54(66(56)78-36-20-4)40-58(67)48-63(47-57)71(11,12)13/h31-34,43-52H,17-30,35-42H2,1-16H3/q+2. The Morgan fingerprint density at radius 1 is 0.350 bits per heavy atom. The number of imidazole rings is 2. The molecule has 0 saturated heterocycles. The van der Waals surface area contributed by atoms with Gasteiger partial charge in [-0.1, -0.05) is 172 Å². The van der Waals surface area contributed by atoms with Crippen LogP contribution in [0.5, 0.6) is 23.0 Å². The number of aryl methyl sites for hydroxylation is 4. The maximum atomic E-state index is 7.33. The molecule has 436 valence electrons. The van der Waals surface area contributed by atoms with Crippen molar-refractivity contribution in [3.8, 4) is 23.0 Å². The van der Waals surface area contributed by atoms with Gasteiger partial charge in [0.15, 0.2) is 0 Å². The van der Waals surface area contributed by atoms with Gasteiger partial charge < -0.3 is 18.9 Å². The fraction of sp³-hybridized carbons (Fsp3) is 0.583. The topological polar surface area (TPSA) is 54.5 Å². The second-order valence-electron chi connectivity index (χ2n) is 27.5. The Morgan fingerprint density at radius 3 is 0.850 bits per heavy atom. The first-order valence-corrected chi connectivity index (χ1v) is 31.2. The van der Waals surface area contributed by atoms with Crippen molar-refractivity contribution in [1.82, 2.24) is 9.13 Å². The fourth-order valence-electron chi connectivity index (χ4n) is 11.0. The Morgan fingerprint density at radius 2 is 0.613 bits per heavy atom. The number of rotatable bonds is 24. The molecule has 0 aliphatic heterocycles. The van der Waals surface area contributed by atoms with Crippen LogP contribution in [0.1, 0.15) is 242 Å². The number of benzene rings is 4. The van der Waals surface area contributed by atoms with Crippen LogP contribution in [-0.2, 0) is 73.5 Å². The van der Waals surface area contributed by atoms with E-state index in [9.17, 15) is 0 Å². The summed E-state index contributed by atoms with van der Waals surface area (Å²) >= 11 is 0. The number of fused-ring (bicyclic) bond motifs is 8. The van der Waals surface area contributed by atoms with Crippen molar-refractivity contribution in [3.05, 3.63) is 153 Å². The van der Waals surface area contributed by atoms with Gasteiger partial charge in [-0.2, -0.15) is 0 Å². The molecule has 7 rings (SSSR count). The Kier molecular flexibility index (Phi) is 21.4. The Labute approximate surface area is 485 Å². The maximum Gasteiger partial charge on any atom is 0.243 e. The van der Waals surface area contributed by atoms with Crippen molar-refractivity contribution in [2.24, 2.45) is 0 Å². The quantitative estimate of drug-likeness (QED) is 0.0447. The molecule has 0 unspecified atom stereocenters. The van der Waals surface area contributed by atoms with E-state index < -0.39 is 0 Å². The predicted molar refractivity (Wildman–Crippen MR) is 332 cm³/mol. The molecule has 1 aliphatic rings. The van der Waals surface area contributed by atoms with E-state index in [1.54, 1.807) is 0 Å². The van der Waals surface area contributed by atoms with Crippen molar-refractivity contribution < 1.29 is 28.1 Å². The molecule has 6 aromatic rings. The lowest BCUT2D eigenvalue weighted by molar-refractivity contribution is -0.697. The zero-order chi connectivity index (χ0) is 57.8. The van der Waals surface area contributed by atoms with Crippen molar-refractivity contribution in [2.45, 2.75) is 249 Å². The minimum Gasteiger partial charge on any atom is -0.493 e. The molecule has 2 heterocycles. The molecule has 0 atom stereocenters. The van der Waals surface area contributed by atoms with E-state index in [1.165, 1.54) is 92.4 Å². The van der Waals surface area contributed by atoms with Crippen molar-refractivity contribution in [3.63, 3.8) is 0 Å². The number of unbranched alkanes of at least 4 members (excludes halogenated alkanes) is 4. The Balaban J connectivity index is 1.44. The highest BCUT2D eigenvalue weighted by Crippen LogP contribution is 2.44. The molecule has 8 nitrogen and oxygen atoms in total. The maximum absolute atomic E-state index is 7.33. The summed E-state index contributed by atoms with van der Waals surface area (Å²) in [5.41, 5.74) is 14.4. The minimum atomic E-state index is -0.116. The van der Waals surface area contributed by atoms with E-state index >= 15 is 0 Å². The van der Waals surface area contributed by atoms with E-state index in [0.29, 0.717) is 52.1 Å². The molecule has 0 saturated carbocycles. The second-order valence-corrected chi connectivity index (χ2v) is 27.5. The molecule has 2 aromatic heterocycles. The normalized spacial score (nSPS) is 13.2. The summed E-state index contributed by atoms with van der Waals surface area (Å²) in [4.78, 5) is 0. The first-order chi connectivity index (χ1) is 38.0. The van der Waals surface area contributed by atoms with E-state index in [1.807, 2.05) is 0 Å². The lowest BCUT2D eigenvalue weighted by Crippen LogP contribution is -2.31. The molecule has 0 fully saturated rings. The molecule has 80 heavy (non-hydrogen) atoms. The Bertz CT molecular complexity index is 2650. The zero-order valence-corrected chi connectivity index (χ0v) is 53.1. The first-order valence-electron chi connectivity index (χ1n) is 31.2. The van der Waals surface area contributed by atoms with Crippen LogP contribution in [0.4, 0.5) is 0 Å². The molecular weight excluding hydrogens is 985 g/mol. The minimum absolute atomic E-state index is 0.115. The molecule has 0 amide bonds. The third-order valence-corrected chi connectivity index (χ3v) is 16.0. The van der Waals surface area contributed by atoms with Gasteiger partial charge in [-0.3, -0.25) is 0 Å². The monoisotopic (exact) mass is 1090 g/mol. The smallest absolute Gasteiger partial charge is 0.243 e. The SMILES string of the molecule is CCCCn1cc[n+](CCCCOc2c3cc(C(C)(C)C)cc2Cc2cc(C(C)(C)C)cc(c2OCCC)Cc2cc(C(C)(C)C)cc(c2OCCCC[n+]2ccn(CCCC)c2)Cc2cc(C(C)(C)C)cc(c2OCCC)C3)c1. The second kappa shape index (κ2) is 27.5. The van der Waals surface area contributed by atoms with Crippen LogP contribution in [0.3, 0.4) is 0 Å². The van der Waals surface area contributed by atoms with Gasteiger partial charge in [0.05, 0.1) is 52.6 Å². The number of aromatic nitrogens is 4. The largest absolute Gasteiger partial charge is 0.493 e. The van der Waals surface area contributed by atoms with Crippen LogP contribution in [0, 0.1) is 0 Å². The fourth-order valence-corrected chi connectivity index (χ4v) is 11.0. The molecule has 0 spiro atoms. The van der Waals surface area contributed by atoms with Crippen LogP contribution in [-0.4, -0.2) is 35.6 Å². The van der Waals surface area contributed by atoms with Crippen LogP contribution < -0.4 is 28.1 Å². The van der Waals surface area contributed by atoms with Gasteiger partial charge in [0, 0.05) is 25.7 Å². The third-order valence-electron chi connectivity index (χ3n) is 16.0. The highest BCUT2D eigenvalue weighted by Gasteiger charge is 2.30. The van der Waals surface area contributed by atoms with E-state index in [4.69, 9.17) is 18.9 Å². The van der Waals surface area contributed by atoms with Crippen molar-refractivity contribution >= 4 is 0 Å². The van der Waals surface area contributed by atoms with Gasteiger partial charge in [0.1, 0.15) is 47.8 Å². The summed E-state index contributed by atoms with van der Waals surface area (Å²) in [6.07, 6.45) is 26.6. The summed E-state index contributed by atoms with van der Waals surface area (Å²) in [6, 6.07) is 19.7. The molecule has 0 N–H and O–H groups in total. The average molecular weight is 1090 g/mol. The lowest BCUT2D eigenvalue weighted by atomic mass is 9.79. The summed E-state index contributed by atoms with van der Waals surface area (Å²) in [5.74, 6) is 3.99. The van der Waals surface area contributed by atoms with Crippen molar-refractivity contribution in [1.29, 1.82) is 0 Å². The summed E-state index contributed by atoms with van der Waals surface area (Å²) in [7, 11) is 0. The molecule has 8 heteroatoms. The van der Waals surface area contributed by atoms with Crippen LogP contribution in [0.2, 0.25) is 0 Å². The van der Waals surface area contributed by atoms with Crippen LogP contribution >= 0.6 is 0 Å². The van der Waals surface area contributed by atoms with Gasteiger partial charge >= 0.3 is 0 Å². The van der Waals surface area contributed by atoms with E-state index in [2.05, 4.69) is 215 Å². The van der Waals surface area contributed by atoms with E-state index in [-0.39, 0.29) is 21.7 Å². The van der Waals surface area contributed by atoms with Gasteiger partial charge in [-0.05, 0) is 140 Å². The summed E-state index contributed by atoms with van der Waals surface area (Å²) in [5, 5.41) is 0. The predicted octanol–water partition coefficient (Wildman–Crippen LogP) is 16.6. The number of ether oxygens (including phenoxy) is 4. The lowest BCUT2D eigenvalue weighted by Gasteiger charge is -2.29. The highest BCUT2D eigenvalue weighted by atomic mass is 16.5. The number of nitrogens with zero attached hydrogens (tertiary/aromatic N) is 4. The molecular formula is C72H106N4O4+2. The summed E-state index contributed by atoms with van der Waals surface area (Å²) < 4.78 is 38.2. The molecule has 4 aromatic carbocycles. The average Bonchev–Trinajstić information content (AvgIpc) is 4.19. The van der Waals surface area contributed by atoms with Gasteiger partial charge in [0.2, 0.25) is 12.7 Å².